The van der Waals surface area contributed by atoms with Crippen molar-refractivity contribution in [3.63, 3.8) is 0 Å². The first-order valence-electron chi connectivity index (χ1n) is 5.98. The Kier molecular flexibility index (Phi) is 2.83. The molecule has 0 unspecified atom stereocenters. The fraction of sp³-hybridized carbons (Fsp3) is 0.308. The Labute approximate surface area is 103 Å². The van der Waals surface area contributed by atoms with Crippen molar-refractivity contribution >= 4 is 0 Å². The Bertz CT molecular complexity index is 559. The number of nitrogens with zero attached hydrogens (tertiary/aromatic N) is 1. The second kappa shape index (κ2) is 4.49. The van der Waals surface area contributed by atoms with Crippen LogP contribution in [0.2, 0.25) is 0 Å². The van der Waals surface area contributed by atoms with Crippen molar-refractivity contribution in [3.8, 4) is 11.3 Å². The third kappa shape index (κ3) is 2.01. The zero-order valence-corrected chi connectivity index (χ0v) is 9.71. The van der Waals surface area contributed by atoms with Gasteiger partial charge < -0.3 is 10.3 Å². The van der Waals surface area contributed by atoms with Gasteiger partial charge in [0.05, 0.1) is 17.9 Å². The molecule has 5 heteroatoms. The molecule has 3 nitrogen and oxygen atoms in total. The fourth-order valence-corrected chi connectivity index (χ4v) is 2.24. The van der Waals surface area contributed by atoms with Gasteiger partial charge in [-0.3, -0.25) is 0 Å². The number of rotatable bonds is 2. The van der Waals surface area contributed by atoms with Crippen molar-refractivity contribution in [3.05, 3.63) is 41.9 Å². The molecule has 0 amide bonds. The van der Waals surface area contributed by atoms with Crippen LogP contribution in [0, 0.1) is 11.6 Å². The summed E-state index contributed by atoms with van der Waals surface area (Å²) in [4.78, 5) is 7.45. The third-order valence-corrected chi connectivity index (χ3v) is 3.22. The maximum absolute atomic E-state index is 13.2. The van der Waals surface area contributed by atoms with Gasteiger partial charge in [-0.1, -0.05) is 0 Å². The van der Waals surface area contributed by atoms with Crippen molar-refractivity contribution < 1.29 is 8.78 Å². The molecule has 2 heterocycles. The van der Waals surface area contributed by atoms with Crippen LogP contribution in [0.4, 0.5) is 8.78 Å². The van der Waals surface area contributed by atoms with Gasteiger partial charge in [0.1, 0.15) is 5.82 Å². The van der Waals surface area contributed by atoms with E-state index in [-0.39, 0.29) is 6.04 Å². The molecule has 2 N–H and O–H groups in total. The van der Waals surface area contributed by atoms with Crippen LogP contribution >= 0.6 is 0 Å². The average Bonchev–Trinajstić information content (AvgIpc) is 3.01. The first kappa shape index (κ1) is 11.3. The molecule has 0 saturated carbocycles. The van der Waals surface area contributed by atoms with E-state index >= 15 is 0 Å². The Hall–Kier alpha value is -1.75. The smallest absolute Gasteiger partial charge is 0.159 e. The summed E-state index contributed by atoms with van der Waals surface area (Å²) in [6.07, 6.45) is 3.83. The summed E-state index contributed by atoms with van der Waals surface area (Å²) >= 11 is 0. The third-order valence-electron chi connectivity index (χ3n) is 3.22. The fourth-order valence-electron chi connectivity index (χ4n) is 2.24. The first-order valence-corrected chi connectivity index (χ1v) is 5.98. The normalized spacial score (nSPS) is 19.3. The summed E-state index contributed by atoms with van der Waals surface area (Å²) in [5, 5.41) is 3.33. The molecule has 1 atom stereocenters. The highest BCUT2D eigenvalue weighted by Crippen LogP contribution is 2.24. The molecule has 18 heavy (non-hydrogen) atoms. The number of aromatic nitrogens is 2. The quantitative estimate of drug-likeness (QED) is 0.859. The zero-order valence-electron chi connectivity index (χ0n) is 9.71. The first-order chi connectivity index (χ1) is 8.74. The van der Waals surface area contributed by atoms with Crippen molar-refractivity contribution in [2.75, 3.05) is 6.54 Å². The molecule has 1 aromatic carbocycles. The van der Waals surface area contributed by atoms with Crippen LogP contribution in [-0.2, 0) is 0 Å². The lowest BCUT2D eigenvalue weighted by Crippen LogP contribution is -2.14. The van der Waals surface area contributed by atoms with Gasteiger partial charge in [-0.15, -0.1) is 0 Å². The number of nitrogens with one attached hydrogen (secondary N) is 2. The van der Waals surface area contributed by atoms with E-state index in [9.17, 15) is 8.78 Å². The van der Waals surface area contributed by atoms with Gasteiger partial charge in [0, 0.05) is 5.56 Å². The van der Waals surface area contributed by atoms with Gasteiger partial charge in [0.15, 0.2) is 11.6 Å². The van der Waals surface area contributed by atoms with Crippen LogP contribution in [0.1, 0.15) is 24.7 Å². The molecule has 1 aromatic heterocycles. The molecule has 1 aliphatic heterocycles. The Morgan fingerprint density at radius 1 is 1.22 bits per heavy atom. The van der Waals surface area contributed by atoms with Crippen molar-refractivity contribution in [2.24, 2.45) is 0 Å². The van der Waals surface area contributed by atoms with Crippen LogP contribution in [0.3, 0.4) is 0 Å². The maximum atomic E-state index is 13.2. The maximum Gasteiger partial charge on any atom is 0.159 e. The van der Waals surface area contributed by atoms with Crippen LogP contribution in [0.25, 0.3) is 11.3 Å². The van der Waals surface area contributed by atoms with Gasteiger partial charge in [0.2, 0.25) is 0 Å². The number of hydrogen-bond acceptors (Lipinski definition) is 2. The number of halogens is 2. The number of benzene rings is 1. The van der Waals surface area contributed by atoms with E-state index in [1.54, 1.807) is 6.20 Å². The lowest BCUT2D eigenvalue weighted by Gasteiger charge is -2.05. The molecule has 94 valence electrons. The molecular formula is C13H13F2N3. The molecule has 0 bridgehead atoms. The molecular weight excluding hydrogens is 236 g/mol. The monoisotopic (exact) mass is 249 g/mol. The lowest BCUT2D eigenvalue weighted by molar-refractivity contribution is 0.509. The Balaban J connectivity index is 1.89. The minimum Gasteiger partial charge on any atom is -0.341 e. The van der Waals surface area contributed by atoms with Gasteiger partial charge in [-0.2, -0.15) is 0 Å². The summed E-state index contributed by atoms with van der Waals surface area (Å²) in [5.41, 5.74) is 1.31. The predicted octanol–water partition coefficient (Wildman–Crippen LogP) is 2.78. The van der Waals surface area contributed by atoms with E-state index in [1.807, 2.05) is 0 Å². The van der Waals surface area contributed by atoms with Gasteiger partial charge >= 0.3 is 0 Å². The summed E-state index contributed by atoms with van der Waals surface area (Å²) in [6.45, 7) is 0.992. The number of aromatic amines is 1. The Morgan fingerprint density at radius 2 is 2.11 bits per heavy atom. The van der Waals surface area contributed by atoms with Crippen molar-refractivity contribution in [1.82, 2.24) is 15.3 Å². The van der Waals surface area contributed by atoms with Crippen LogP contribution in [0.15, 0.2) is 24.4 Å². The van der Waals surface area contributed by atoms with Crippen molar-refractivity contribution in [1.29, 1.82) is 0 Å². The van der Waals surface area contributed by atoms with E-state index in [0.717, 1.165) is 31.3 Å². The van der Waals surface area contributed by atoms with Gasteiger partial charge in [0.25, 0.3) is 0 Å². The van der Waals surface area contributed by atoms with Crippen molar-refractivity contribution in [2.45, 2.75) is 18.9 Å². The van der Waals surface area contributed by atoms with E-state index < -0.39 is 11.6 Å². The standard InChI is InChI=1S/C13H13F2N3/c14-9-4-3-8(6-10(9)15)12-7-17-13(18-12)11-2-1-5-16-11/h3-4,6-7,11,16H,1-2,5H2,(H,17,18)/t11-/m0/s1. The lowest BCUT2D eigenvalue weighted by atomic mass is 10.1. The van der Waals surface area contributed by atoms with Crippen LogP contribution in [-0.4, -0.2) is 16.5 Å². The Morgan fingerprint density at radius 3 is 2.83 bits per heavy atom. The molecule has 0 spiro atoms. The molecule has 0 radical (unpaired) electrons. The second-order valence-corrected chi connectivity index (χ2v) is 4.46. The highest BCUT2D eigenvalue weighted by Gasteiger charge is 2.19. The topological polar surface area (TPSA) is 40.7 Å². The summed E-state index contributed by atoms with van der Waals surface area (Å²) in [7, 11) is 0. The van der Waals surface area contributed by atoms with Gasteiger partial charge in [-0.25, -0.2) is 13.8 Å². The summed E-state index contributed by atoms with van der Waals surface area (Å²) < 4.78 is 26.0. The number of imidazole rings is 1. The van der Waals surface area contributed by atoms with E-state index in [1.165, 1.54) is 12.1 Å². The number of H-pyrrole nitrogens is 1. The SMILES string of the molecule is Fc1ccc(-c2cnc([C@@H]3CCCN3)[nH]2)cc1F. The molecule has 1 fully saturated rings. The molecule has 1 saturated heterocycles. The second-order valence-electron chi connectivity index (χ2n) is 4.46. The highest BCUT2D eigenvalue weighted by molar-refractivity contribution is 5.58. The molecule has 0 aliphatic carbocycles. The molecule has 2 aromatic rings. The minimum absolute atomic E-state index is 0.240. The van der Waals surface area contributed by atoms with E-state index in [4.69, 9.17) is 0 Å². The summed E-state index contributed by atoms with van der Waals surface area (Å²) in [5.74, 6) is -0.828. The minimum atomic E-state index is -0.845. The van der Waals surface area contributed by atoms with E-state index in [2.05, 4.69) is 15.3 Å². The van der Waals surface area contributed by atoms with Crippen LogP contribution < -0.4 is 5.32 Å². The number of hydrogen-bond donors (Lipinski definition) is 2. The molecule has 1 aliphatic rings. The van der Waals surface area contributed by atoms with E-state index in [0.29, 0.717) is 11.3 Å². The van der Waals surface area contributed by atoms with Gasteiger partial charge in [-0.05, 0) is 37.6 Å². The highest BCUT2D eigenvalue weighted by atomic mass is 19.2. The van der Waals surface area contributed by atoms with Crippen LogP contribution in [0.5, 0.6) is 0 Å². The largest absolute Gasteiger partial charge is 0.341 e. The average molecular weight is 249 g/mol. The zero-order chi connectivity index (χ0) is 12.5. The summed E-state index contributed by atoms with van der Waals surface area (Å²) in [6, 6.07) is 4.08. The molecule has 3 rings (SSSR count). The predicted molar refractivity (Wildman–Crippen MR) is 63.9 cm³/mol.